The van der Waals surface area contributed by atoms with Crippen molar-refractivity contribution >= 4 is 27.8 Å². The molecule has 2 aliphatic rings. The van der Waals surface area contributed by atoms with Gasteiger partial charge in [0.05, 0.1) is 11.1 Å². The molecule has 1 nitrogen and oxygen atoms in total. The van der Waals surface area contributed by atoms with E-state index in [1.54, 1.807) is 0 Å². The normalized spacial score (nSPS) is 13.8. The van der Waals surface area contributed by atoms with Crippen LogP contribution < -0.4 is 4.90 Å². The van der Waals surface area contributed by atoms with Gasteiger partial charge < -0.3 is 4.90 Å². The Labute approximate surface area is 370 Å². The molecule has 10 aromatic rings. The van der Waals surface area contributed by atoms with Crippen molar-refractivity contribution in [1.82, 2.24) is 0 Å². The van der Waals surface area contributed by atoms with E-state index in [0.29, 0.717) is 0 Å². The summed E-state index contributed by atoms with van der Waals surface area (Å²) in [6, 6.07) is 87.6. The lowest BCUT2D eigenvalue weighted by Crippen LogP contribution is -2.28. The summed E-state index contributed by atoms with van der Waals surface area (Å²) in [5.74, 6) is 0. The standard InChI is InChI=1S/C62H45N/c1-61(2)55-28-16-15-27-54(55)59-58(41-46-20-12-13-25-51(46)60(59)61)63(49-35-30-43(31-36-49)42-18-6-3-7-19-42)50-37-32-44(33-38-50)45-34-39-53-52-26-14-17-29-56(52)62(57(53)40-45,47-21-8-4-9-22-47)48-23-10-5-11-24-48/h3-41H,1-2H3. The third kappa shape index (κ3) is 5.63. The van der Waals surface area contributed by atoms with E-state index in [1.807, 2.05) is 0 Å². The zero-order valence-corrected chi connectivity index (χ0v) is 35.5. The number of fused-ring (bicyclic) bond motifs is 8. The summed E-state index contributed by atoms with van der Waals surface area (Å²) >= 11 is 0. The Morgan fingerprint density at radius 3 is 1.48 bits per heavy atom. The predicted molar refractivity (Wildman–Crippen MR) is 264 cm³/mol. The summed E-state index contributed by atoms with van der Waals surface area (Å²) in [4.78, 5) is 2.48. The summed E-state index contributed by atoms with van der Waals surface area (Å²) in [5.41, 5.74) is 20.7. The van der Waals surface area contributed by atoms with Crippen molar-refractivity contribution in [2.75, 3.05) is 4.90 Å². The maximum absolute atomic E-state index is 2.48. The van der Waals surface area contributed by atoms with E-state index < -0.39 is 5.41 Å². The van der Waals surface area contributed by atoms with E-state index in [9.17, 15) is 0 Å². The minimum absolute atomic E-state index is 0.170. The number of benzene rings is 10. The van der Waals surface area contributed by atoms with Gasteiger partial charge in [0.25, 0.3) is 0 Å². The molecule has 0 spiro atoms. The molecular weight excluding hydrogens is 759 g/mol. The minimum atomic E-state index is -0.451. The lowest BCUT2D eigenvalue weighted by molar-refractivity contribution is 0.666. The molecule has 2 aliphatic carbocycles. The van der Waals surface area contributed by atoms with Crippen molar-refractivity contribution in [1.29, 1.82) is 0 Å². The van der Waals surface area contributed by atoms with Gasteiger partial charge in [-0.2, -0.15) is 0 Å². The lowest BCUT2D eigenvalue weighted by Gasteiger charge is -2.34. The summed E-state index contributed by atoms with van der Waals surface area (Å²) < 4.78 is 0. The van der Waals surface area contributed by atoms with Gasteiger partial charge in [0.1, 0.15) is 0 Å². The van der Waals surface area contributed by atoms with Crippen LogP contribution in [0.1, 0.15) is 47.2 Å². The number of rotatable bonds is 7. The van der Waals surface area contributed by atoms with Crippen LogP contribution in [-0.2, 0) is 10.8 Å². The van der Waals surface area contributed by atoms with Crippen LogP contribution in [0.5, 0.6) is 0 Å². The maximum atomic E-state index is 2.48. The van der Waals surface area contributed by atoms with Crippen LogP contribution in [0.15, 0.2) is 237 Å². The van der Waals surface area contributed by atoms with Gasteiger partial charge in [0.2, 0.25) is 0 Å². The van der Waals surface area contributed by atoms with E-state index in [-0.39, 0.29) is 5.41 Å². The predicted octanol–water partition coefficient (Wildman–Crippen LogP) is 16.3. The molecule has 0 fully saturated rings. The monoisotopic (exact) mass is 803 g/mol. The third-order valence-corrected chi connectivity index (χ3v) is 13.9. The molecule has 0 atom stereocenters. The van der Waals surface area contributed by atoms with Crippen molar-refractivity contribution in [3.8, 4) is 44.5 Å². The van der Waals surface area contributed by atoms with Crippen LogP contribution in [0.25, 0.3) is 55.3 Å². The quantitative estimate of drug-likeness (QED) is 0.155. The highest BCUT2D eigenvalue weighted by Gasteiger charge is 2.46. The van der Waals surface area contributed by atoms with Crippen LogP contribution in [-0.4, -0.2) is 0 Å². The summed E-state index contributed by atoms with van der Waals surface area (Å²) in [6.45, 7) is 4.78. The fourth-order valence-electron chi connectivity index (χ4n) is 11.1. The van der Waals surface area contributed by atoms with Crippen LogP contribution in [0.2, 0.25) is 0 Å². The maximum Gasteiger partial charge on any atom is 0.0713 e. The number of nitrogens with zero attached hydrogens (tertiary/aromatic N) is 1. The first-order valence-corrected chi connectivity index (χ1v) is 22.1. The molecule has 0 saturated carbocycles. The van der Waals surface area contributed by atoms with Gasteiger partial charge in [-0.05, 0) is 119 Å². The molecule has 0 unspecified atom stereocenters. The first-order valence-electron chi connectivity index (χ1n) is 22.1. The lowest BCUT2D eigenvalue weighted by atomic mass is 9.67. The Bertz CT molecular complexity index is 3290. The minimum Gasteiger partial charge on any atom is -0.310 e. The molecule has 63 heavy (non-hydrogen) atoms. The van der Waals surface area contributed by atoms with Crippen LogP contribution in [0.3, 0.4) is 0 Å². The second kappa shape index (κ2) is 14.4. The van der Waals surface area contributed by atoms with Crippen LogP contribution in [0.4, 0.5) is 17.1 Å². The fraction of sp³-hybridized carbons (Fsp3) is 0.0645. The van der Waals surface area contributed by atoms with Crippen molar-refractivity contribution in [3.63, 3.8) is 0 Å². The van der Waals surface area contributed by atoms with Gasteiger partial charge in [-0.3, -0.25) is 0 Å². The third-order valence-electron chi connectivity index (χ3n) is 13.9. The van der Waals surface area contributed by atoms with Crippen LogP contribution >= 0.6 is 0 Å². The average molecular weight is 804 g/mol. The highest BCUT2D eigenvalue weighted by molar-refractivity contribution is 6.06. The van der Waals surface area contributed by atoms with E-state index >= 15 is 0 Å². The summed E-state index contributed by atoms with van der Waals surface area (Å²) in [6.07, 6.45) is 0. The van der Waals surface area contributed by atoms with Crippen molar-refractivity contribution in [3.05, 3.63) is 270 Å². The SMILES string of the molecule is CC1(C)c2ccccc2-c2c(N(c3ccc(-c4ccccc4)cc3)c3ccc(-c4ccc5c(c4)C(c4ccccc4)(c4ccccc4)c4ccccc4-5)cc3)cc3ccccc3c21. The number of hydrogen-bond donors (Lipinski definition) is 0. The molecule has 1 heteroatoms. The summed E-state index contributed by atoms with van der Waals surface area (Å²) in [5, 5.41) is 2.56. The van der Waals surface area contributed by atoms with Gasteiger partial charge in [0, 0.05) is 22.4 Å². The Morgan fingerprint density at radius 2 is 0.825 bits per heavy atom. The highest BCUT2D eigenvalue weighted by Crippen LogP contribution is 2.58. The smallest absolute Gasteiger partial charge is 0.0713 e. The molecule has 0 bridgehead atoms. The summed E-state index contributed by atoms with van der Waals surface area (Å²) in [7, 11) is 0. The van der Waals surface area contributed by atoms with Gasteiger partial charge in [-0.25, -0.2) is 0 Å². The molecule has 12 rings (SSSR count). The number of hydrogen-bond acceptors (Lipinski definition) is 1. The molecule has 0 heterocycles. The van der Waals surface area contributed by atoms with E-state index in [1.165, 1.54) is 94.3 Å². The average Bonchev–Trinajstić information content (AvgIpc) is 3.78. The second-order valence-electron chi connectivity index (χ2n) is 17.6. The second-order valence-corrected chi connectivity index (χ2v) is 17.6. The molecule has 0 N–H and O–H groups in total. The molecule has 0 saturated heterocycles. The Hall–Kier alpha value is -7.74. The molecular formula is C62H45N. The molecule has 0 amide bonds. The van der Waals surface area contributed by atoms with Gasteiger partial charge in [-0.1, -0.05) is 214 Å². The van der Waals surface area contributed by atoms with E-state index in [2.05, 4.69) is 255 Å². The van der Waals surface area contributed by atoms with Crippen molar-refractivity contribution in [2.24, 2.45) is 0 Å². The van der Waals surface area contributed by atoms with Gasteiger partial charge >= 0.3 is 0 Å². The largest absolute Gasteiger partial charge is 0.310 e. The van der Waals surface area contributed by atoms with Crippen molar-refractivity contribution in [2.45, 2.75) is 24.7 Å². The Balaban J connectivity index is 1.04. The first kappa shape index (κ1) is 37.1. The fourth-order valence-corrected chi connectivity index (χ4v) is 11.1. The molecule has 298 valence electrons. The molecule has 10 aromatic carbocycles. The van der Waals surface area contributed by atoms with Gasteiger partial charge in [0.15, 0.2) is 0 Å². The Morgan fingerprint density at radius 1 is 0.349 bits per heavy atom. The zero-order chi connectivity index (χ0) is 42.1. The molecule has 0 aliphatic heterocycles. The molecule has 0 aromatic heterocycles. The number of anilines is 3. The highest BCUT2D eigenvalue weighted by atomic mass is 15.1. The topological polar surface area (TPSA) is 3.24 Å². The Kier molecular flexibility index (Phi) is 8.49. The van der Waals surface area contributed by atoms with E-state index in [0.717, 1.165) is 11.4 Å². The zero-order valence-electron chi connectivity index (χ0n) is 35.5. The molecule has 0 radical (unpaired) electrons. The first-order chi connectivity index (χ1) is 31.0. The van der Waals surface area contributed by atoms with Crippen LogP contribution in [0, 0.1) is 0 Å². The van der Waals surface area contributed by atoms with Crippen molar-refractivity contribution < 1.29 is 0 Å². The van der Waals surface area contributed by atoms with E-state index in [4.69, 9.17) is 0 Å². The van der Waals surface area contributed by atoms with Gasteiger partial charge in [-0.15, -0.1) is 0 Å².